The Balaban J connectivity index is 2.40. The third-order valence-electron chi connectivity index (χ3n) is 2.70. The molecule has 84 valence electrons. The van der Waals surface area contributed by atoms with Crippen molar-refractivity contribution in [3.05, 3.63) is 53.3 Å². The summed E-state index contributed by atoms with van der Waals surface area (Å²) < 4.78 is 1.78. The van der Waals surface area contributed by atoms with E-state index in [1.165, 1.54) is 5.56 Å². The van der Waals surface area contributed by atoms with Crippen molar-refractivity contribution in [2.75, 3.05) is 0 Å². The van der Waals surface area contributed by atoms with E-state index in [4.69, 9.17) is 5.84 Å². The molecule has 0 saturated carbocycles. The maximum Gasteiger partial charge on any atom is 0.0902 e. The number of aromatic nitrogens is 2. The van der Waals surface area contributed by atoms with Crippen LogP contribution in [0.3, 0.4) is 0 Å². The first-order chi connectivity index (χ1) is 7.72. The monoisotopic (exact) mass is 216 g/mol. The van der Waals surface area contributed by atoms with Gasteiger partial charge in [0.1, 0.15) is 0 Å². The van der Waals surface area contributed by atoms with Crippen LogP contribution in [0.2, 0.25) is 0 Å². The number of hydrogen-bond acceptors (Lipinski definition) is 3. The van der Waals surface area contributed by atoms with Crippen LogP contribution in [0.1, 0.15) is 22.9 Å². The van der Waals surface area contributed by atoms with E-state index < -0.39 is 0 Å². The van der Waals surface area contributed by atoms with Crippen molar-refractivity contribution in [2.24, 2.45) is 12.9 Å². The predicted octanol–water partition coefficient (Wildman–Crippen LogP) is 1.28. The summed E-state index contributed by atoms with van der Waals surface area (Å²) in [5, 5.41) is 4.37. The van der Waals surface area contributed by atoms with E-state index in [-0.39, 0.29) is 6.04 Å². The van der Waals surface area contributed by atoms with Gasteiger partial charge >= 0.3 is 0 Å². The maximum absolute atomic E-state index is 5.62. The number of nitrogens with zero attached hydrogens (tertiary/aromatic N) is 2. The molecule has 4 nitrogen and oxygen atoms in total. The Morgan fingerprint density at radius 2 is 2.06 bits per heavy atom. The van der Waals surface area contributed by atoms with Gasteiger partial charge in [-0.1, -0.05) is 24.3 Å². The summed E-state index contributed by atoms with van der Waals surface area (Å²) in [7, 11) is 1.90. The summed E-state index contributed by atoms with van der Waals surface area (Å²) in [6.07, 6.45) is 1.91. The highest BCUT2D eigenvalue weighted by Crippen LogP contribution is 2.22. The van der Waals surface area contributed by atoms with E-state index >= 15 is 0 Å². The molecular weight excluding hydrogens is 200 g/mol. The van der Waals surface area contributed by atoms with Gasteiger partial charge in [-0.05, 0) is 24.1 Å². The van der Waals surface area contributed by atoms with Gasteiger partial charge in [0.15, 0.2) is 0 Å². The molecule has 1 unspecified atom stereocenters. The molecule has 1 atom stereocenters. The standard InChI is InChI=1S/C12H16N4/c1-9-5-3-4-6-10(9)12(14-13)11-7-8-16(2)15-11/h3-8,12,14H,13H2,1-2H3. The largest absolute Gasteiger partial charge is 0.275 e. The fraction of sp³-hybridized carbons (Fsp3) is 0.250. The molecule has 0 amide bonds. The minimum atomic E-state index is -0.0533. The van der Waals surface area contributed by atoms with Gasteiger partial charge in [-0.15, -0.1) is 0 Å². The smallest absolute Gasteiger partial charge is 0.0902 e. The molecule has 3 N–H and O–H groups in total. The molecule has 2 rings (SSSR count). The molecule has 0 aliphatic carbocycles. The molecule has 0 saturated heterocycles. The van der Waals surface area contributed by atoms with E-state index in [9.17, 15) is 0 Å². The fourth-order valence-corrected chi connectivity index (χ4v) is 1.83. The van der Waals surface area contributed by atoms with Gasteiger partial charge in [0.05, 0.1) is 11.7 Å². The van der Waals surface area contributed by atoms with Gasteiger partial charge in [-0.2, -0.15) is 5.10 Å². The number of benzene rings is 1. The summed E-state index contributed by atoms with van der Waals surface area (Å²) >= 11 is 0. The van der Waals surface area contributed by atoms with E-state index in [1.54, 1.807) is 4.68 Å². The van der Waals surface area contributed by atoms with Crippen molar-refractivity contribution in [1.29, 1.82) is 0 Å². The van der Waals surface area contributed by atoms with E-state index in [0.29, 0.717) is 0 Å². The van der Waals surface area contributed by atoms with Crippen molar-refractivity contribution >= 4 is 0 Å². The second-order valence-electron chi connectivity index (χ2n) is 3.87. The average Bonchev–Trinajstić information content (AvgIpc) is 2.69. The number of rotatable bonds is 3. The molecule has 0 radical (unpaired) electrons. The third-order valence-corrected chi connectivity index (χ3v) is 2.70. The number of hydrazine groups is 1. The van der Waals surface area contributed by atoms with Crippen molar-refractivity contribution in [1.82, 2.24) is 15.2 Å². The summed E-state index contributed by atoms with van der Waals surface area (Å²) in [5.74, 6) is 5.62. The molecule has 2 aromatic rings. The van der Waals surface area contributed by atoms with Crippen LogP contribution in [0.25, 0.3) is 0 Å². The lowest BCUT2D eigenvalue weighted by atomic mass is 9.99. The minimum absolute atomic E-state index is 0.0533. The normalized spacial score (nSPS) is 12.7. The van der Waals surface area contributed by atoms with Crippen LogP contribution in [0.5, 0.6) is 0 Å². The molecule has 0 spiro atoms. The summed E-state index contributed by atoms with van der Waals surface area (Å²) in [4.78, 5) is 0. The zero-order valence-electron chi connectivity index (χ0n) is 9.51. The number of nitrogens with one attached hydrogen (secondary N) is 1. The summed E-state index contributed by atoms with van der Waals surface area (Å²) in [6, 6.07) is 10.1. The third kappa shape index (κ3) is 1.98. The first-order valence-electron chi connectivity index (χ1n) is 5.23. The molecule has 4 heteroatoms. The summed E-state index contributed by atoms with van der Waals surface area (Å²) in [5.41, 5.74) is 6.10. The Morgan fingerprint density at radius 3 is 2.62 bits per heavy atom. The second kappa shape index (κ2) is 4.47. The van der Waals surface area contributed by atoms with Gasteiger partial charge in [0.25, 0.3) is 0 Å². The van der Waals surface area contributed by atoms with Crippen LogP contribution in [0.15, 0.2) is 36.5 Å². The highest BCUT2D eigenvalue weighted by atomic mass is 15.3. The zero-order chi connectivity index (χ0) is 11.5. The lowest BCUT2D eigenvalue weighted by Crippen LogP contribution is -2.29. The molecule has 0 aliphatic rings. The Kier molecular flexibility index (Phi) is 3.03. The predicted molar refractivity (Wildman–Crippen MR) is 63.6 cm³/mol. The Morgan fingerprint density at radius 1 is 1.31 bits per heavy atom. The van der Waals surface area contributed by atoms with Crippen LogP contribution in [0.4, 0.5) is 0 Å². The van der Waals surface area contributed by atoms with Crippen LogP contribution in [-0.4, -0.2) is 9.78 Å². The Bertz CT molecular complexity index is 475. The van der Waals surface area contributed by atoms with Gasteiger partial charge in [0, 0.05) is 13.2 Å². The maximum atomic E-state index is 5.62. The second-order valence-corrected chi connectivity index (χ2v) is 3.87. The van der Waals surface area contributed by atoms with Gasteiger partial charge in [0.2, 0.25) is 0 Å². The molecule has 1 aromatic carbocycles. The molecule has 1 heterocycles. The topological polar surface area (TPSA) is 55.9 Å². The van der Waals surface area contributed by atoms with Crippen LogP contribution in [-0.2, 0) is 7.05 Å². The molecule has 0 aliphatic heterocycles. The molecule has 16 heavy (non-hydrogen) atoms. The molecule has 0 fully saturated rings. The molecule has 0 bridgehead atoms. The number of hydrogen-bond donors (Lipinski definition) is 2. The van der Waals surface area contributed by atoms with Crippen molar-refractivity contribution in [3.8, 4) is 0 Å². The molecule has 1 aromatic heterocycles. The van der Waals surface area contributed by atoms with Crippen molar-refractivity contribution in [2.45, 2.75) is 13.0 Å². The highest BCUT2D eigenvalue weighted by molar-refractivity contribution is 5.33. The lowest BCUT2D eigenvalue weighted by Gasteiger charge is -2.16. The van der Waals surface area contributed by atoms with Crippen molar-refractivity contribution < 1.29 is 0 Å². The van der Waals surface area contributed by atoms with Crippen LogP contribution < -0.4 is 11.3 Å². The Hall–Kier alpha value is -1.65. The van der Waals surface area contributed by atoms with Crippen LogP contribution in [0, 0.1) is 6.92 Å². The zero-order valence-corrected chi connectivity index (χ0v) is 9.51. The average molecular weight is 216 g/mol. The Labute approximate surface area is 95.1 Å². The minimum Gasteiger partial charge on any atom is -0.275 e. The number of nitrogens with two attached hydrogens (primary N) is 1. The quantitative estimate of drug-likeness (QED) is 0.600. The lowest BCUT2D eigenvalue weighted by molar-refractivity contribution is 0.601. The SMILES string of the molecule is Cc1ccccc1C(NN)c1ccn(C)n1. The van der Waals surface area contributed by atoms with Crippen LogP contribution >= 0.6 is 0 Å². The molecular formula is C12H16N4. The van der Waals surface area contributed by atoms with Gasteiger partial charge < -0.3 is 0 Å². The first kappa shape index (κ1) is 10.9. The fourth-order valence-electron chi connectivity index (χ4n) is 1.83. The summed E-state index contributed by atoms with van der Waals surface area (Å²) in [6.45, 7) is 2.07. The van der Waals surface area contributed by atoms with Gasteiger partial charge in [-0.25, -0.2) is 5.43 Å². The van der Waals surface area contributed by atoms with E-state index in [1.807, 2.05) is 31.4 Å². The first-order valence-corrected chi connectivity index (χ1v) is 5.23. The number of aryl methyl sites for hydroxylation is 2. The highest BCUT2D eigenvalue weighted by Gasteiger charge is 2.16. The van der Waals surface area contributed by atoms with Crippen molar-refractivity contribution in [3.63, 3.8) is 0 Å². The van der Waals surface area contributed by atoms with Gasteiger partial charge in [-0.3, -0.25) is 10.5 Å². The van der Waals surface area contributed by atoms with E-state index in [2.05, 4.69) is 29.6 Å². The van der Waals surface area contributed by atoms with E-state index in [0.717, 1.165) is 11.3 Å².